The normalized spacial score (nSPS) is 19.0. The Kier molecular flexibility index (Phi) is 7.72. The number of nitrogens with zero attached hydrogens (tertiary/aromatic N) is 1. The van der Waals surface area contributed by atoms with Crippen molar-refractivity contribution in [3.05, 3.63) is 41.3 Å². The van der Waals surface area contributed by atoms with Crippen LogP contribution >= 0.6 is 0 Å². The van der Waals surface area contributed by atoms with Gasteiger partial charge < -0.3 is 19.6 Å². The third-order valence-electron chi connectivity index (χ3n) is 6.08. The van der Waals surface area contributed by atoms with Crippen LogP contribution in [0.25, 0.3) is 11.5 Å². The fraction of sp³-hybridized carbons (Fsp3) is 0.560. The average Bonchev–Trinajstić information content (AvgIpc) is 3.08. The molecule has 0 spiro atoms. The van der Waals surface area contributed by atoms with Crippen molar-refractivity contribution in [1.29, 1.82) is 0 Å². The van der Waals surface area contributed by atoms with Gasteiger partial charge in [0.05, 0.1) is 12.0 Å². The van der Waals surface area contributed by atoms with E-state index in [0.717, 1.165) is 48.3 Å². The van der Waals surface area contributed by atoms with Crippen LogP contribution in [-0.2, 0) is 20.9 Å². The molecule has 1 aliphatic carbocycles. The SMILES string of the molecule is Cc1cccc(-c2nc(COCC3CCCC(NC(=O)CC(C)(C)C(=O)O)C3)c(C)o2)c1. The van der Waals surface area contributed by atoms with Gasteiger partial charge >= 0.3 is 5.97 Å². The zero-order chi connectivity index (χ0) is 23.3. The minimum atomic E-state index is -1.06. The number of hydrogen-bond donors (Lipinski definition) is 2. The van der Waals surface area contributed by atoms with E-state index in [9.17, 15) is 14.7 Å². The van der Waals surface area contributed by atoms with Crippen molar-refractivity contribution in [2.24, 2.45) is 11.3 Å². The maximum atomic E-state index is 12.3. The van der Waals surface area contributed by atoms with Crippen LogP contribution in [0.5, 0.6) is 0 Å². The summed E-state index contributed by atoms with van der Waals surface area (Å²) in [4.78, 5) is 28.1. The molecule has 0 saturated heterocycles. The minimum Gasteiger partial charge on any atom is -0.481 e. The molecule has 1 amide bonds. The summed E-state index contributed by atoms with van der Waals surface area (Å²) in [6.45, 7) is 8.07. The highest BCUT2D eigenvalue weighted by Gasteiger charge is 2.31. The number of aliphatic carboxylic acids is 1. The van der Waals surface area contributed by atoms with Crippen LogP contribution in [0.1, 0.15) is 63.0 Å². The number of aromatic nitrogens is 1. The number of carboxylic acids is 1. The maximum Gasteiger partial charge on any atom is 0.309 e. The molecule has 2 atom stereocenters. The van der Waals surface area contributed by atoms with Gasteiger partial charge in [0.15, 0.2) is 0 Å². The van der Waals surface area contributed by atoms with E-state index in [1.165, 1.54) is 0 Å². The van der Waals surface area contributed by atoms with Crippen LogP contribution in [0, 0.1) is 25.2 Å². The van der Waals surface area contributed by atoms with Crippen molar-refractivity contribution in [1.82, 2.24) is 10.3 Å². The highest BCUT2D eigenvalue weighted by Crippen LogP contribution is 2.27. The lowest BCUT2D eigenvalue weighted by atomic mass is 9.85. The molecular weight excluding hydrogens is 408 g/mol. The van der Waals surface area contributed by atoms with Crippen molar-refractivity contribution < 1.29 is 23.8 Å². The number of benzene rings is 1. The highest BCUT2D eigenvalue weighted by atomic mass is 16.5. The first-order valence-electron chi connectivity index (χ1n) is 11.3. The number of carbonyl (C=O) groups is 2. The van der Waals surface area contributed by atoms with Gasteiger partial charge in [-0.3, -0.25) is 9.59 Å². The molecule has 1 fully saturated rings. The number of hydrogen-bond acceptors (Lipinski definition) is 5. The van der Waals surface area contributed by atoms with Gasteiger partial charge in [-0.2, -0.15) is 0 Å². The Labute approximate surface area is 189 Å². The monoisotopic (exact) mass is 442 g/mol. The quantitative estimate of drug-likeness (QED) is 0.586. The largest absolute Gasteiger partial charge is 0.481 e. The number of ether oxygens (including phenoxy) is 1. The number of carbonyl (C=O) groups excluding carboxylic acids is 1. The van der Waals surface area contributed by atoms with Crippen molar-refractivity contribution in [3.63, 3.8) is 0 Å². The molecule has 1 aromatic carbocycles. The average molecular weight is 443 g/mol. The van der Waals surface area contributed by atoms with Gasteiger partial charge in [-0.15, -0.1) is 0 Å². The third-order valence-corrected chi connectivity index (χ3v) is 6.08. The molecule has 1 aromatic heterocycles. The summed E-state index contributed by atoms with van der Waals surface area (Å²) in [7, 11) is 0. The fourth-order valence-corrected chi connectivity index (χ4v) is 4.11. The van der Waals surface area contributed by atoms with Crippen LogP contribution in [-0.4, -0.2) is 34.6 Å². The summed E-state index contributed by atoms with van der Waals surface area (Å²) in [6, 6.07) is 8.12. The molecule has 0 aliphatic heterocycles. The summed E-state index contributed by atoms with van der Waals surface area (Å²) < 4.78 is 11.8. The van der Waals surface area contributed by atoms with Gasteiger partial charge in [0, 0.05) is 24.6 Å². The smallest absolute Gasteiger partial charge is 0.309 e. The van der Waals surface area contributed by atoms with E-state index in [0.29, 0.717) is 25.0 Å². The van der Waals surface area contributed by atoms with Crippen molar-refractivity contribution in [2.45, 2.75) is 72.4 Å². The summed E-state index contributed by atoms with van der Waals surface area (Å²) >= 11 is 0. The van der Waals surface area contributed by atoms with Crippen molar-refractivity contribution in [2.75, 3.05) is 6.61 Å². The lowest BCUT2D eigenvalue weighted by Gasteiger charge is -2.30. The number of carboxylic acid groups (broad SMARTS) is 1. The summed E-state index contributed by atoms with van der Waals surface area (Å²) in [6.07, 6.45) is 3.80. The molecule has 2 aromatic rings. The van der Waals surface area contributed by atoms with E-state index in [4.69, 9.17) is 9.15 Å². The number of aryl methyl sites for hydroxylation is 2. The first kappa shape index (κ1) is 24.0. The topological polar surface area (TPSA) is 102 Å². The van der Waals surface area contributed by atoms with Crippen molar-refractivity contribution in [3.8, 4) is 11.5 Å². The Morgan fingerprint density at radius 2 is 2.06 bits per heavy atom. The lowest BCUT2D eigenvalue weighted by molar-refractivity contribution is -0.149. The zero-order valence-electron chi connectivity index (χ0n) is 19.4. The Hall–Kier alpha value is -2.67. The van der Waals surface area contributed by atoms with Gasteiger partial charge in [0.1, 0.15) is 11.5 Å². The first-order chi connectivity index (χ1) is 15.1. The molecular formula is C25H34N2O5. The van der Waals surface area contributed by atoms with Crippen LogP contribution in [0.2, 0.25) is 0 Å². The number of nitrogens with one attached hydrogen (secondary N) is 1. The zero-order valence-corrected chi connectivity index (χ0v) is 19.4. The number of amides is 1. The van der Waals surface area contributed by atoms with Crippen LogP contribution < -0.4 is 5.32 Å². The van der Waals surface area contributed by atoms with E-state index in [1.54, 1.807) is 13.8 Å². The Morgan fingerprint density at radius 3 is 2.78 bits per heavy atom. The van der Waals surface area contributed by atoms with Crippen LogP contribution in [0.3, 0.4) is 0 Å². The maximum absolute atomic E-state index is 12.3. The van der Waals surface area contributed by atoms with Crippen molar-refractivity contribution >= 4 is 11.9 Å². The van der Waals surface area contributed by atoms with E-state index < -0.39 is 11.4 Å². The predicted octanol–water partition coefficient (Wildman–Crippen LogP) is 4.65. The Morgan fingerprint density at radius 1 is 1.28 bits per heavy atom. The summed E-state index contributed by atoms with van der Waals surface area (Å²) in [5.74, 6) is 0.554. The second kappa shape index (κ2) is 10.3. The highest BCUT2D eigenvalue weighted by molar-refractivity contribution is 5.84. The standard InChI is InChI=1S/C25H34N2O5/c1-16-7-5-9-19(11-16)23-27-21(17(2)32-23)15-31-14-18-8-6-10-20(12-18)26-22(28)13-25(3,4)24(29)30/h5,7,9,11,18,20H,6,8,10,12-15H2,1-4H3,(H,26,28)(H,29,30). The molecule has 1 heterocycles. The molecule has 7 heteroatoms. The van der Waals surface area contributed by atoms with Gasteiger partial charge in [-0.05, 0) is 65.0 Å². The van der Waals surface area contributed by atoms with E-state index in [2.05, 4.69) is 10.3 Å². The number of rotatable bonds is 9. The molecule has 174 valence electrons. The second-order valence-electron chi connectivity index (χ2n) is 9.57. The summed E-state index contributed by atoms with van der Waals surface area (Å²) in [5, 5.41) is 12.2. The molecule has 1 aliphatic rings. The predicted molar refractivity (Wildman–Crippen MR) is 121 cm³/mol. The van der Waals surface area contributed by atoms with Gasteiger partial charge in [0.25, 0.3) is 0 Å². The van der Waals surface area contributed by atoms with Gasteiger partial charge in [-0.1, -0.05) is 24.1 Å². The van der Waals surface area contributed by atoms with E-state index in [-0.39, 0.29) is 18.4 Å². The molecule has 7 nitrogen and oxygen atoms in total. The van der Waals surface area contributed by atoms with Gasteiger partial charge in [-0.25, -0.2) is 4.98 Å². The first-order valence-corrected chi connectivity index (χ1v) is 11.3. The molecule has 2 N–H and O–H groups in total. The Bertz CT molecular complexity index is 950. The van der Waals surface area contributed by atoms with E-state index >= 15 is 0 Å². The molecule has 3 rings (SSSR count). The number of oxazole rings is 1. The van der Waals surface area contributed by atoms with Crippen LogP contribution in [0.15, 0.2) is 28.7 Å². The Balaban J connectivity index is 1.47. The summed E-state index contributed by atoms with van der Waals surface area (Å²) in [5.41, 5.74) is 1.85. The van der Waals surface area contributed by atoms with Gasteiger partial charge in [0.2, 0.25) is 11.8 Å². The fourth-order valence-electron chi connectivity index (χ4n) is 4.11. The minimum absolute atomic E-state index is 0.0191. The van der Waals surface area contributed by atoms with Crippen LogP contribution in [0.4, 0.5) is 0 Å². The van der Waals surface area contributed by atoms with E-state index in [1.807, 2.05) is 38.1 Å². The molecule has 32 heavy (non-hydrogen) atoms. The molecule has 2 unspecified atom stereocenters. The molecule has 0 bridgehead atoms. The lowest BCUT2D eigenvalue weighted by Crippen LogP contribution is -2.41. The second-order valence-corrected chi connectivity index (χ2v) is 9.57. The molecule has 1 saturated carbocycles. The third kappa shape index (κ3) is 6.42. The molecule has 0 radical (unpaired) electrons.